The number of nitrogens with one attached hydrogen (secondary N) is 1. The maximum Gasteiger partial charge on any atom is 1.00 e. The van der Waals surface area contributed by atoms with Gasteiger partial charge in [0, 0.05) is 0 Å². The van der Waals surface area contributed by atoms with Gasteiger partial charge in [-0.1, -0.05) is 11.6 Å². The molecule has 0 aliphatic heterocycles. The van der Waals surface area contributed by atoms with Gasteiger partial charge in [-0.25, -0.2) is 4.39 Å². The first-order chi connectivity index (χ1) is 6.63. The van der Waals surface area contributed by atoms with Crippen LogP contribution in [0.25, 0.3) is 0 Å². The summed E-state index contributed by atoms with van der Waals surface area (Å²) in [5, 5.41) is 10.9. The van der Waals surface area contributed by atoms with Gasteiger partial charge in [0.25, 0.3) is 0 Å². The Hall–Kier alpha value is -0.380. The zero-order valence-electron chi connectivity index (χ0n) is 7.79. The Kier molecular flexibility index (Phi) is 6.81. The van der Waals surface area contributed by atoms with E-state index in [1.54, 1.807) is 0 Å². The molecule has 0 fully saturated rings. The van der Waals surface area contributed by atoms with Gasteiger partial charge in [-0.2, -0.15) is 10.3 Å². The number of hydrogen-bond acceptors (Lipinski definition) is 3. The standard InChI is InChI=1S/C8H5ClFN3S.Na/c9-6-3-5(10)1-2-7(6)13-8(14)12-4-11;/h1-3H,(H2,12,13,14);/q;+1/p-1. The van der Waals surface area contributed by atoms with Crippen molar-refractivity contribution in [2.45, 2.75) is 0 Å². The molecule has 0 spiro atoms. The summed E-state index contributed by atoms with van der Waals surface area (Å²) in [5.41, 5.74) is 0.414. The van der Waals surface area contributed by atoms with Crippen molar-refractivity contribution in [1.82, 2.24) is 0 Å². The molecule has 3 nitrogen and oxygen atoms in total. The minimum absolute atomic E-state index is 0. The van der Waals surface area contributed by atoms with Crippen molar-refractivity contribution in [2.24, 2.45) is 4.99 Å². The topological polar surface area (TPSA) is 48.2 Å². The van der Waals surface area contributed by atoms with Crippen molar-refractivity contribution in [3.63, 3.8) is 0 Å². The normalized spacial score (nSPS) is 10.1. The van der Waals surface area contributed by atoms with E-state index in [4.69, 9.17) is 16.9 Å². The number of hydrogen-bond donors (Lipinski definition) is 1. The minimum atomic E-state index is -0.441. The zero-order chi connectivity index (χ0) is 10.6. The second-order valence-electron chi connectivity index (χ2n) is 2.27. The molecule has 1 N–H and O–H groups in total. The Labute approximate surface area is 119 Å². The zero-order valence-corrected chi connectivity index (χ0v) is 11.4. The van der Waals surface area contributed by atoms with E-state index in [9.17, 15) is 4.39 Å². The smallest absolute Gasteiger partial charge is 0.742 e. The Morgan fingerprint density at radius 2 is 2.27 bits per heavy atom. The number of aliphatic imine (C=N–C) groups is 1. The molecule has 0 heterocycles. The van der Waals surface area contributed by atoms with Crippen LogP contribution in [0.1, 0.15) is 0 Å². The van der Waals surface area contributed by atoms with Gasteiger partial charge in [-0.15, -0.1) is 0 Å². The Bertz CT molecular complexity index is 419. The molecule has 1 rings (SSSR count). The van der Waals surface area contributed by atoms with Crippen molar-refractivity contribution >= 4 is 35.1 Å². The summed E-state index contributed by atoms with van der Waals surface area (Å²) < 4.78 is 12.6. The molecule has 0 saturated heterocycles. The average molecular weight is 252 g/mol. The van der Waals surface area contributed by atoms with Gasteiger partial charge in [-0.05, 0) is 23.4 Å². The third kappa shape index (κ3) is 4.78. The molecule has 0 atom stereocenters. The van der Waals surface area contributed by atoms with E-state index in [1.807, 2.05) is 0 Å². The third-order valence-electron chi connectivity index (χ3n) is 1.32. The van der Waals surface area contributed by atoms with Crippen LogP contribution in [-0.2, 0) is 12.6 Å². The largest absolute Gasteiger partial charge is 1.00 e. The fourth-order valence-corrected chi connectivity index (χ4v) is 1.14. The molecule has 0 aromatic heterocycles. The predicted octanol–water partition coefficient (Wildman–Crippen LogP) is -0.721. The molecule has 0 radical (unpaired) electrons. The number of nitrogens with zero attached hydrogens (tertiary/aromatic N) is 2. The molecular weight excluding hydrogens is 248 g/mol. The van der Waals surface area contributed by atoms with E-state index in [2.05, 4.69) is 22.9 Å². The van der Waals surface area contributed by atoms with E-state index in [0.717, 1.165) is 6.07 Å². The molecule has 0 bridgehead atoms. The van der Waals surface area contributed by atoms with Gasteiger partial charge in [0.1, 0.15) is 5.82 Å². The van der Waals surface area contributed by atoms with Crippen molar-refractivity contribution in [2.75, 3.05) is 5.32 Å². The molecule has 0 unspecified atom stereocenters. The maximum absolute atomic E-state index is 12.6. The number of benzene rings is 1. The maximum atomic E-state index is 12.6. The molecule has 0 amide bonds. The van der Waals surface area contributed by atoms with Crippen LogP contribution in [0.4, 0.5) is 10.1 Å². The Morgan fingerprint density at radius 1 is 1.60 bits per heavy atom. The number of anilines is 1. The molecule has 7 heteroatoms. The summed E-state index contributed by atoms with van der Waals surface area (Å²) in [5.74, 6) is -0.441. The van der Waals surface area contributed by atoms with Crippen LogP contribution in [0.2, 0.25) is 5.02 Å². The number of amidine groups is 1. The monoisotopic (exact) mass is 251 g/mol. The molecule has 0 aliphatic rings. The van der Waals surface area contributed by atoms with E-state index in [-0.39, 0.29) is 39.7 Å². The quantitative estimate of drug-likeness (QED) is 0.236. The van der Waals surface area contributed by atoms with Crippen LogP contribution in [0, 0.1) is 17.3 Å². The average Bonchev–Trinajstić information content (AvgIpc) is 2.10. The van der Waals surface area contributed by atoms with Gasteiger partial charge < -0.3 is 17.9 Å². The molecule has 15 heavy (non-hydrogen) atoms. The summed E-state index contributed by atoms with van der Waals surface area (Å²) >= 11 is 10.4. The van der Waals surface area contributed by atoms with Gasteiger partial charge in [0.15, 0.2) is 0 Å². The van der Waals surface area contributed by atoms with Crippen LogP contribution < -0.4 is 34.9 Å². The summed E-state index contributed by atoms with van der Waals surface area (Å²) in [7, 11) is 0. The van der Waals surface area contributed by atoms with Gasteiger partial charge in [-0.3, -0.25) is 0 Å². The van der Waals surface area contributed by atoms with Crippen LogP contribution in [0.15, 0.2) is 23.2 Å². The van der Waals surface area contributed by atoms with Crippen molar-refractivity contribution < 1.29 is 33.9 Å². The molecule has 1 aromatic carbocycles. The van der Waals surface area contributed by atoms with Crippen molar-refractivity contribution in [3.8, 4) is 6.19 Å². The van der Waals surface area contributed by atoms with Crippen LogP contribution in [0.5, 0.6) is 0 Å². The van der Waals surface area contributed by atoms with E-state index in [0.29, 0.717) is 5.69 Å². The number of halogens is 2. The summed E-state index contributed by atoms with van der Waals surface area (Å²) in [6.07, 6.45) is 1.52. The number of nitriles is 1. The molecule has 0 saturated carbocycles. The SMILES string of the molecule is N#C/N=C(\[S-])Nc1ccc(F)cc1Cl.[Na+]. The summed E-state index contributed by atoms with van der Waals surface area (Å²) in [6, 6.07) is 3.78. The Balaban J connectivity index is 0.00000196. The molecule has 72 valence electrons. The molecule has 0 aliphatic carbocycles. The fraction of sp³-hybridized carbons (Fsp3) is 0. The van der Waals surface area contributed by atoms with Crippen LogP contribution in [0.3, 0.4) is 0 Å². The molecular formula is C8H4ClFN3NaS. The number of rotatable bonds is 1. The van der Waals surface area contributed by atoms with Gasteiger partial charge in [0.05, 0.1) is 10.7 Å². The van der Waals surface area contributed by atoms with E-state index >= 15 is 0 Å². The predicted molar refractivity (Wildman–Crippen MR) is 55.4 cm³/mol. The second-order valence-corrected chi connectivity index (χ2v) is 3.06. The van der Waals surface area contributed by atoms with Crippen molar-refractivity contribution in [3.05, 3.63) is 29.0 Å². The van der Waals surface area contributed by atoms with Gasteiger partial charge in [0.2, 0.25) is 6.19 Å². The van der Waals surface area contributed by atoms with Crippen LogP contribution >= 0.6 is 11.6 Å². The minimum Gasteiger partial charge on any atom is -0.742 e. The van der Waals surface area contributed by atoms with Crippen molar-refractivity contribution in [1.29, 1.82) is 5.26 Å². The van der Waals surface area contributed by atoms with E-state index in [1.165, 1.54) is 18.3 Å². The fourth-order valence-electron chi connectivity index (χ4n) is 0.779. The van der Waals surface area contributed by atoms with Crippen LogP contribution in [-0.4, -0.2) is 5.17 Å². The summed E-state index contributed by atoms with van der Waals surface area (Å²) in [6.45, 7) is 0. The van der Waals surface area contributed by atoms with Gasteiger partial charge >= 0.3 is 29.6 Å². The van der Waals surface area contributed by atoms with E-state index < -0.39 is 5.82 Å². The molecule has 1 aromatic rings. The Morgan fingerprint density at radius 3 is 2.80 bits per heavy atom. The first kappa shape index (κ1) is 14.6. The first-order valence-electron chi connectivity index (χ1n) is 3.49. The second kappa shape index (κ2) is 6.99. The first-order valence-corrected chi connectivity index (χ1v) is 4.28. The third-order valence-corrected chi connectivity index (χ3v) is 1.83. The summed E-state index contributed by atoms with van der Waals surface area (Å²) in [4.78, 5) is 3.26.